The normalized spacial score (nSPS) is 10.1. The van der Waals surface area contributed by atoms with Crippen molar-refractivity contribution < 1.29 is 19.0 Å². The molecule has 5 heteroatoms. The molecule has 0 amide bonds. The topological polar surface area (TPSA) is 46.5 Å². The van der Waals surface area contributed by atoms with E-state index in [1.165, 1.54) is 19.2 Å². The van der Waals surface area contributed by atoms with Crippen molar-refractivity contribution in [3.8, 4) is 5.75 Å². The fourth-order valence-electron chi connectivity index (χ4n) is 1.26. The number of methoxy groups -OCH3 is 1. The third kappa shape index (κ3) is 2.92. The Morgan fingerprint density at radius 3 is 2.80 bits per heavy atom. The first-order valence-electron chi connectivity index (χ1n) is 4.29. The molecule has 0 saturated heterocycles. The number of carbonyl (C=O) groups is 1. The molecule has 0 aliphatic rings. The molecule has 0 aliphatic carbocycles. The van der Waals surface area contributed by atoms with Crippen molar-refractivity contribution in [2.75, 3.05) is 7.11 Å². The van der Waals surface area contributed by atoms with Crippen LogP contribution in [0.3, 0.4) is 0 Å². The van der Waals surface area contributed by atoms with E-state index in [2.05, 4.69) is 15.9 Å². The van der Waals surface area contributed by atoms with E-state index in [0.717, 1.165) is 0 Å². The average Bonchev–Trinajstić information content (AvgIpc) is 2.19. The van der Waals surface area contributed by atoms with Crippen LogP contribution in [-0.2, 0) is 11.2 Å². The van der Waals surface area contributed by atoms with Gasteiger partial charge in [-0.05, 0) is 34.5 Å². The van der Waals surface area contributed by atoms with Gasteiger partial charge in [0.2, 0.25) is 0 Å². The van der Waals surface area contributed by atoms with Gasteiger partial charge >= 0.3 is 5.97 Å². The molecule has 1 N–H and O–H groups in total. The second-order valence-corrected chi connectivity index (χ2v) is 3.79. The Labute approximate surface area is 95.0 Å². The van der Waals surface area contributed by atoms with Crippen molar-refractivity contribution in [2.24, 2.45) is 0 Å². The highest BCUT2D eigenvalue weighted by Gasteiger charge is 2.13. The Balaban J connectivity index is 3.02. The maximum atomic E-state index is 13.4. The molecule has 0 aliphatic heterocycles. The van der Waals surface area contributed by atoms with Gasteiger partial charge in [0.05, 0.1) is 11.6 Å². The van der Waals surface area contributed by atoms with E-state index >= 15 is 0 Å². The number of carboxylic acid groups (broad SMARTS) is 1. The highest BCUT2D eigenvalue weighted by molar-refractivity contribution is 9.10. The van der Waals surface area contributed by atoms with E-state index in [9.17, 15) is 9.18 Å². The van der Waals surface area contributed by atoms with Gasteiger partial charge in [-0.2, -0.15) is 0 Å². The molecule has 15 heavy (non-hydrogen) atoms. The molecule has 0 atom stereocenters. The van der Waals surface area contributed by atoms with Gasteiger partial charge in [0, 0.05) is 12.0 Å². The van der Waals surface area contributed by atoms with Crippen molar-refractivity contribution >= 4 is 21.9 Å². The van der Waals surface area contributed by atoms with E-state index in [-0.39, 0.29) is 18.4 Å². The largest absolute Gasteiger partial charge is 0.495 e. The van der Waals surface area contributed by atoms with E-state index in [4.69, 9.17) is 9.84 Å². The summed E-state index contributed by atoms with van der Waals surface area (Å²) in [5, 5.41) is 8.52. The van der Waals surface area contributed by atoms with E-state index < -0.39 is 11.8 Å². The Hall–Kier alpha value is -1.10. The molecule has 1 rings (SSSR count). The zero-order valence-corrected chi connectivity index (χ0v) is 9.67. The summed E-state index contributed by atoms with van der Waals surface area (Å²) in [6.07, 6.45) is -0.00644. The van der Waals surface area contributed by atoms with Crippen molar-refractivity contribution in [1.82, 2.24) is 0 Å². The maximum Gasteiger partial charge on any atom is 0.303 e. The number of benzene rings is 1. The Morgan fingerprint density at radius 2 is 2.27 bits per heavy atom. The third-order valence-corrected chi connectivity index (χ3v) is 2.57. The summed E-state index contributed by atoms with van der Waals surface area (Å²) in [5.41, 5.74) is 0.286. The minimum atomic E-state index is -0.962. The summed E-state index contributed by atoms with van der Waals surface area (Å²) in [6, 6.07) is 2.81. The predicted octanol–water partition coefficient (Wildman–Crippen LogP) is 2.61. The lowest BCUT2D eigenvalue weighted by atomic mass is 10.1. The van der Waals surface area contributed by atoms with Gasteiger partial charge in [0.15, 0.2) is 0 Å². The van der Waals surface area contributed by atoms with Gasteiger partial charge in [-0.1, -0.05) is 0 Å². The van der Waals surface area contributed by atoms with Crippen LogP contribution in [0.2, 0.25) is 0 Å². The number of carboxylic acids is 1. The molecule has 1 aromatic rings. The molecular formula is C10H10BrFO3. The zero-order valence-electron chi connectivity index (χ0n) is 8.09. The Morgan fingerprint density at radius 1 is 1.60 bits per heavy atom. The molecule has 82 valence electrons. The van der Waals surface area contributed by atoms with Crippen molar-refractivity contribution in [3.05, 3.63) is 28.0 Å². The SMILES string of the molecule is COc1c(Br)ccc(F)c1CCC(=O)O. The summed E-state index contributed by atoms with van der Waals surface area (Å²) in [4.78, 5) is 10.4. The predicted molar refractivity (Wildman–Crippen MR) is 56.6 cm³/mol. The molecule has 0 saturated carbocycles. The lowest BCUT2D eigenvalue weighted by Crippen LogP contribution is -2.02. The third-order valence-electron chi connectivity index (χ3n) is 1.95. The van der Waals surface area contributed by atoms with Crippen molar-refractivity contribution in [3.63, 3.8) is 0 Å². The lowest BCUT2D eigenvalue weighted by Gasteiger charge is -2.10. The molecule has 0 fully saturated rings. The van der Waals surface area contributed by atoms with Gasteiger partial charge in [0.25, 0.3) is 0 Å². The van der Waals surface area contributed by atoms with Gasteiger partial charge in [-0.3, -0.25) is 4.79 Å². The van der Waals surface area contributed by atoms with Gasteiger partial charge in [-0.15, -0.1) is 0 Å². The minimum Gasteiger partial charge on any atom is -0.495 e. The first-order chi connectivity index (χ1) is 7.06. The van der Waals surface area contributed by atoms with E-state index in [1.54, 1.807) is 0 Å². The summed E-state index contributed by atoms with van der Waals surface area (Å²) >= 11 is 3.21. The van der Waals surface area contributed by atoms with Crippen LogP contribution in [0.5, 0.6) is 5.75 Å². The van der Waals surface area contributed by atoms with Gasteiger partial charge in [-0.25, -0.2) is 4.39 Å². The zero-order chi connectivity index (χ0) is 11.4. The molecule has 0 bridgehead atoms. The summed E-state index contributed by atoms with van der Waals surface area (Å²) in [7, 11) is 1.42. The van der Waals surface area contributed by atoms with E-state index in [1.807, 2.05) is 0 Å². The number of aliphatic carboxylic acids is 1. The first-order valence-corrected chi connectivity index (χ1v) is 5.08. The van der Waals surface area contributed by atoms with Crippen LogP contribution >= 0.6 is 15.9 Å². The molecule has 0 radical (unpaired) electrons. The van der Waals surface area contributed by atoms with Crippen molar-refractivity contribution in [1.29, 1.82) is 0 Å². The Kier molecular flexibility index (Phi) is 4.08. The van der Waals surface area contributed by atoms with Crippen LogP contribution in [0.4, 0.5) is 4.39 Å². The number of halogens is 2. The summed E-state index contributed by atoms with van der Waals surface area (Å²) < 4.78 is 19.0. The number of hydrogen-bond acceptors (Lipinski definition) is 2. The molecule has 0 aromatic heterocycles. The average molecular weight is 277 g/mol. The quantitative estimate of drug-likeness (QED) is 0.920. The monoisotopic (exact) mass is 276 g/mol. The second kappa shape index (κ2) is 5.11. The van der Waals surface area contributed by atoms with Crippen LogP contribution < -0.4 is 4.74 Å². The summed E-state index contributed by atoms with van der Waals surface area (Å²) in [6.45, 7) is 0. The molecule has 0 spiro atoms. The Bertz CT molecular complexity index is 379. The maximum absolute atomic E-state index is 13.4. The van der Waals surface area contributed by atoms with Gasteiger partial charge < -0.3 is 9.84 Å². The van der Waals surface area contributed by atoms with Gasteiger partial charge in [0.1, 0.15) is 11.6 Å². The lowest BCUT2D eigenvalue weighted by molar-refractivity contribution is -0.136. The molecular weight excluding hydrogens is 267 g/mol. The minimum absolute atomic E-state index is 0.115. The van der Waals surface area contributed by atoms with Crippen molar-refractivity contribution in [2.45, 2.75) is 12.8 Å². The van der Waals surface area contributed by atoms with Crippen LogP contribution in [0.25, 0.3) is 0 Å². The molecule has 0 unspecified atom stereocenters. The standard InChI is InChI=1S/C10H10BrFO3/c1-15-10-6(2-5-9(13)14)8(12)4-3-7(10)11/h3-4H,2,5H2,1H3,(H,13,14). The molecule has 3 nitrogen and oxygen atoms in total. The van der Waals surface area contributed by atoms with Crippen LogP contribution in [0, 0.1) is 5.82 Å². The highest BCUT2D eigenvalue weighted by atomic mass is 79.9. The smallest absolute Gasteiger partial charge is 0.303 e. The van der Waals surface area contributed by atoms with Crippen LogP contribution in [-0.4, -0.2) is 18.2 Å². The summed E-state index contributed by atoms with van der Waals surface area (Å²) in [5.74, 6) is -1.05. The fraction of sp³-hybridized carbons (Fsp3) is 0.300. The number of rotatable bonds is 4. The number of hydrogen-bond donors (Lipinski definition) is 1. The van der Waals surface area contributed by atoms with E-state index in [0.29, 0.717) is 10.2 Å². The molecule has 1 aromatic carbocycles. The highest BCUT2D eigenvalue weighted by Crippen LogP contribution is 2.31. The van der Waals surface area contributed by atoms with Crippen LogP contribution in [0.1, 0.15) is 12.0 Å². The van der Waals surface area contributed by atoms with Crippen LogP contribution in [0.15, 0.2) is 16.6 Å². The first kappa shape index (κ1) is 12.0. The second-order valence-electron chi connectivity index (χ2n) is 2.93. The number of ether oxygens (including phenoxy) is 1. The molecule has 0 heterocycles. The fourth-order valence-corrected chi connectivity index (χ4v) is 1.79.